The second-order valence-corrected chi connectivity index (χ2v) is 19.4. The van der Waals surface area contributed by atoms with Crippen LogP contribution in [-0.4, -0.2) is 73.0 Å². The van der Waals surface area contributed by atoms with Crippen LogP contribution in [0.5, 0.6) is 0 Å². The summed E-state index contributed by atoms with van der Waals surface area (Å²) in [7, 11) is -1.80. The lowest BCUT2D eigenvalue weighted by Gasteiger charge is -2.35. The molecule has 0 N–H and O–H groups in total. The number of hydrogen-bond acceptors (Lipinski definition) is 6. The van der Waals surface area contributed by atoms with Crippen LogP contribution < -0.4 is 0 Å². The van der Waals surface area contributed by atoms with Crippen LogP contribution in [0.4, 0.5) is 13.2 Å². The summed E-state index contributed by atoms with van der Waals surface area (Å²) in [6, 6.07) is 2.31. The molecule has 164 valence electrons. The number of rotatable bonds is 16. The molecule has 0 amide bonds. The minimum atomic E-state index is -3.59. The lowest BCUT2D eigenvalue weighted by molar-refractivity contribution is -0.278. The Morgan fingerprint density at radius 1 is 0.815 bits per heavy atom. The monoisotopic (exact) mass is 452 g/mol. The summed E-state index contributed by atoms with van der Waals surface area (Å²) in [5.74, 6) is 0. The van der Waals surface area contributed by atoms with Crippen LogP contribution in [0.15, 0.2) is 0 Å². The first kappa shape index (κ1) is 27.2. The van der Waals surface area contributed by atoms with E-state index in [-0.39, 0.29) is 6.61 Å². The first-order chi connectivity index (χ1) is 12.4. The first-order valence-corrected chi connectivity index (χ1v) is 17.0. The minimum Gasteiger partial charge on any atom is -0.456 e. The Morgan fingerprint density at radius 2 is 1.33 bits per heavy atom. The average molecular weight is 453 g/mol. The van der Waals surface area contributed by atoms with Gasteiger partial charge in [0.25, 0.3) is 0 Å². The lowest BCUT2D eigenvalue weighted by atomic mass is 10.5. The highest BCUT2D eigenvalue weighted by Gasteiger charge is 2.42. The quantitative estimate of drug-likeness (QED) is 0.258. The summed E-state index contributed by atoms with van der Waals surface area (Å²) in [6.07, 6.45) is -2.99. The molecule has 0 aromatic heterocycles. The van der Waals surface area contributed by atoms with Crippen LogP contribution >= 0.6 is 0 Å². The molecule has 27 heavy (non-hydrogen) atoms. The molecule has 0 rings (SSSR count). The number of hydrogen-bond donors (Lipinski definition) is 0. The molecule has 0 spiro atoms. The Bertz CT molecular complexity index is 404. The van der Waals surface area contributed by atoms with E-state index in [2.05, 4.69) is 30.9 Å². The average Bonchev–Trinajstić information content (AvgIpc) is 2.55. The molecule has 12 heteroatoms. The highest BCUT2D eigenvalue weighted by Crippen LogP contribution is 2.27. The molecule has 0 bridgehead atoms. The van der Waals surface area contributed by atoms with Crippen molar-refractivity contribution < 1.29 is 40.0 Å². The van der Waals surface area contributed by atoms with E-state index in [9.17, 15) is 13.2 Å². The standard InChI is InChI=1S/C15H35F3O6Si3/c1-19-27(20-2,21-3)12-11-26(6,7)24-25(4,5)10-8-9-22-13-15(17,18)23-14-16/h8-14H2,1-7H3. The largest absolute Gasteiger partial charge is 0.499 e. The van der Waals surface area contributed by atoms with Gasteiger partial charge in [-0.15, -0.1) is 0 Å². The lowest BCUT2D eigenvalue weighted by Crippen LogP contribution is -2.48. The summed E-state index contributed by atoms with van der Waals surface area (Å²) in [6.45, 7) is 6.17. The Balaban J connectivity index is 4.35. The van der Waals surface area contributed by atoms with E-state index in [1.54, 1.807) is 21.3 Å². The van der Waals surface area contributed by atoms with E-state index in [0.717, 1.165) is 12.1 Å². The second kappa shape index (κ2) is 12.0. The smallest absolute Gasteiger partial charge is 0.456 e. The number of ether oxygens (including phenoxy) is 2. The molecule has 0 saturated heterocycles. The molecule has 0 aromatic carbocycles. The van der Waals surface area contributed by atoms with Gasteiger partial charge < -0.3 is 22.1 Å². The summed E-state index contributed by atoms with van der Waals surface area (Å²) in [5.41, 5.74) is 0. The maximum Gasteiger partial charge on any atom is 0.499 e. The van der Waals surface area contributed by atoms with E-state index >= 15 is 0 Å². The zero-order chi connectivity index (χ0) is 21.2. The Morgan fingerprint density at radius 3 is 1.81 bits per heavy atom. The predicted octanol–water partition coefficient (Wildman–Crippen LogP) is 4.23. The van der Waals surface area contributed by atoms with E-state index < -0.39 is 45.0 Å². The zero-order valence-electron chi connectivity index (χ0n) is 17.5. The molecule has 0 atom stereocenters. The molecule has 6 nitrogen and oxygen atoms in total. The van der Waals surface area contributed by atoms with Crippen molar-refractivity contribution in [3.63, 3.8) is 0 Å². The van der Waals surface area contributed by atoms with Gasteiger partial charge in [0.1, 0.15) is 6.61 Å². The van der Waals surface area contributed by atoms with Crippen molar-refractivity contribution in [2.24, 2.45) is 0 Å². The van der Waals surface area contributed by atoms with Gasteiger partial charge in [-0.05, 0) is 44.7 Å². The Hall–Kier alpha value is 0.201. The van der Waals surface area contributed by atoms with Crippen molar-refractivity contribution in [1.82, 2.24) is 0 Å². The van der Waals surface area contributed by atoms with Crippen molar-refractivity contribution in [2.45, 2.75) is 56.8 Å². The molecule has 0 radical (unpaired) electrons. The zero-order valence-corrected chi connectivity index (χ0v) is 20.5. The third-order valence-corrected chi connectivity index (χ3v) is 14.8. The van der Waals surface area contributed by atoms with Gasteiger partial charge in [0.15, 0.2) is 23.5 Å². The van der Waals surface area contributed by atoms with Gasteiger partial charge >= 0.3 is 14.9 Å². The highest BCUT2D eigenvalue weighted by atomic mass is 28.4. The summed E-state index contributed by atoms with van der Waals surface area (Å²) >= 11 is 0. The Kier molecular flexibility index (Phi) is 12.1. The maximum absolute atomic E-state index is 13.0. The van der Waals surface area contributed by atoms with Gasteiger partial charge in [-0.2, -0.15) is 8.78 Å². The SMILES string of the molecule is CO[Si](CC[Si](C)(C)O[Si](C)(C)CCCOCC(F)(F)OCF)(OC)OC. The molecule has 0 fully saturated rings. The number of alkyl halides is 3. The molecule has 0 unspecified atom stereocenters. The molecule has 0 aromatic rings. The van der Waals surface area contributed by atoms with Gasteiger partial charge in [-0.1, -0.05) is 0 Å². The van der Waals surface area contributed by atoms with Gasteiger partial charge in [0.2, 0.25) is 0 Å². The van der Waals surface area contributed by atoms with Crippen LogP contribution in [0.1, 0.15) is 6.42 Å². The first-order valence-electron chi connectivity index (χ1n) is 8.87. The fourth-order valence-corrected chi connectivity index (χ4v) is 15.3. The Labute approximate surface area is 164 Å². The fraction of sp³-hybridized carbons (Fsp3) is 1.00. The maximum atomic E-state index is 13.0. The summed E-state index contributed by atoms with van der Waals surface area (Å²) in [4.78, 5) is 0. The van der Waals surface area contributed by atoms with E-state index in [4.69, 9.17) is 22.1 Å². The third-order valence-electron chi connectivity index (χ3n) is 4.12. The van der Waals surface area contributed by atoms with Crippen LogP contribution in [-0.2, 0) is 26.9 Å². The predicted molar refractivity (Wildman–Crippen MR) is 105 cm³/mol. The minimum absolute atomic E-state index is 0.153. The van der Waals surface area contributed by atoms with Crippen molar-refractivity contribution >= 4 is 25.4 Å². The van der Waals surface area contributed by atoms with Crippen molar-refractivity contribution in [1.29, 1.82) is 0 Å². The number of halogens is 3. The molecule has 0 aliphatic rings. The van der Waals surface area contributed by atoms with E-state index in [1.165, 1.54) is 0 Å². The highest BCUT2D eigenvalue weighted by molar-refractivity contribution is 6.85. The summed E-state index contributed by atoms with van der Waals surface area (Å²) in [5, 5.41) is 0. The van der Waals surface area contributed by atoms with Gasteiger partial charge in [-0.25, -0.2) is 4.39 Å². The topological polar surface area (TPSA) is 55.4 Å². The normalized spacial score (nSPS) is 14.0. The van der Waals surface area contributed by atoms with Crippen LogP contribution in [0.25, 0.3) is 0 Å². The van der Waals surface area contributed by atoms with E-state index in [1.807, 2.05) is 0 Å². The van der Waals surface area contributed by atoms with Gasteiger partial charge in [0, 0.05) is 34.0 Å². The van der Waals surface area contributed by atoms with Crippen LogP contribution in [0, 0.1) is 0 Å². The van der Waals surface area contributed by atoms with Crippen LogP contribution in [0.2, 0.25) is 44.3 Å². The molecule has 0 aliphatic heterocycles. The van der Waals surface area contributed by atoms with Crippen molar-refractivity contribution in [3.05, 3.63) is 0 Å². The molecule has 0 saturated carbocycles. The van der Waals surface area contributed by atoms with Crippen molar-refractivity contribution in [2.75, 3.05) is 41.4 Å². The van der Waals surface area contributed by atoms with Crippen molar-refractivity contribution in [3.8, 4) is 0 Å². The van der Waals surface area contributed by atoms with Gasteiger partial charge in [0.05, 0.1) is 0 Å². The van der Waals surface area contributed by atoms with Gasteiger partial charge in [-0.3, -0.25) is 4.74 Å². The molecule has 0 aliphatic carbocycles. The van der Waals surface area contributed by atoms with Crippen LogP contribution in [0.3, 0.4) is 0 Å². The molecular weight excluding hydrogens is 417 g/mol. The third kappa shape index (κ3) is 11.7. The fourth-order valence-electron chi connectivity index (χ4n) is 2.77. The van der Waals surface area contributed by atoms with E-state index in [0.29, 0.717) is 12.5 Å². The molecule has 0 heterocycles. The second-order valence-electron chi connectivity index (χ2n) is 7.46. The summed E-state index contributed by atoms with van der Waals surface area (Å²) < 4.78 is 69.1. The molecular formula is C15H35F3O6Si3.